The zero-order valence-corrected chi connectivity index (χ0v) is 11.6. The van der Waals surface area contributed by atoms with Gasteiger partial charge < -0.3 is 15.2 Å². The van der Waals surface area contributed by atoms with E-state index < -0.39 is 12.0 Å². The van der Waals surface area contributed by atoms with Gasteiger partial charge in [-0.05, 0) is 24.6 Å². The van der Waals surface area contributed by atoms with Gasteiger partial charge in [0.25, 0.3) is 0 Å². The van der Waals surface area contributed by atoms with E-state index in [1.807, 2.05) is 0 Å². The van der Waals surface area contributed by atoms with Crippen LogP contribution in [0.3, 0.4) is 0 Å². The molecular formula is C14H14N4O3. The lowest BCUT2D eigenvalue weighted by Crippen LogP contribution is -2.29. The standard InChI is InChI=1S/C14H14N4O3/c1-8-11(13(20)21-2)12(9-3-5-10(19)6-4-9)18-14(17-8)15-7-16-18/h3-7,12,19H,1-2H3,(H,15,16,17)/t12-/m1/s1. The van der Waals surface area contributed by atoms with Crippen LogP contribution < -0.4 is 5.32 Å². The number of aromatic hydroxyl groups is 1. The van der Waals surface area contributed by atoms with E-state index in [2.05, 4.69) is 15.4 Å². The van der Waals surface area contributed by atoms with Crippen LogP contribution in [0.1, 0.15) is 18.5 Å². The number of esters is 1. The molecule has 0 bridgehead atoms. The van der Waals surface area contributed by atoms with Crippen LogP contribution in [0.15, 0.2) is 41.9 Å². The fourth-order valence-electron chi connectivity index (χ4n) is 2.43. The highest BCUT2D eigenvalue weighted by Crippen LogP contribution is 2.35. The van der Waals surface area contributed by atoms with Crippen LogP contribution in [0, 0.1) is 0 Å². The molecule has 1 aromatic heterocycles. The summed E-state index contributed by atoms with van der Waals surface area (Å²) >= 11 is 0. The summed E-state index contributed by atoms with van der Waals surface area (Å²) in [5, 5.41) is 16.6. The van der Waals surface area contributed by atoms with Crippen LogP contribution in [0.4, 0.5) is 5.95 Å². The number of ether oxygens (including phenoxy) is 1. The largest absolute Gasteiger partial charge is 0.508 e. The molecule has 1 aromatic carbocycles. The molecule has 0 radical (unpaired) electrons. The van der Waals surface area contributed by atoms with Crippen molar-refractivity contribution < 1.29 is 14.6 Å². The van der Waals surface area contributed by atoms with Gasteiger partial charge in [0.1, 0.15) is 18.1 Å². The SMILES string of the molecule is COC(=O)C1=C(C)Nc2ncnn2[C@@H]1c1ccc(O)cc1. The number of anilines is 1. The van der Waals surface area contributed by atoms with Crippen molar-refractivity contribution in [3.8, 4) is 5.75 Å². The van der Waals surface area contributed by atoms with Gasteiger partial charge in [0, 0.05) is 5.70 Å². The lowest BCUT2D eigenvalue weighted by atomic mass is 9.96. The maximum absolute atomic E-state index is 12.1. The van der Waals surface area contributed by atoms with Crippen molar-refractivity contribution >= 4 is 11.9 Å². The van der Waals surface area contributed by atoms with Gasteiger partial charge in [0.05, 0.1) is 12.7 Å². The van der Waals surface area contributed by atoms with E-state index in [0.29, 0.717) is 17.2 Å². The monoisotopic (exact) mass is 286 g/mol. The van der Waals surface area contributed by atoms with Crippen molar-refractivity contribution in [3.63, 3.8) is 0 Å². The number of phenolic OH excluding ortho intramolecular Hbond substituents is 1. The van der Waals surface area contributed by atoms with Gasteiger partial charge in [-0.25, -0.2) is 9.48 Å². The lowest BCUT2D eigenvalue weighted by molar-refractivity contribution is -0.136. The molecule has 2 aromatic rings. The van der Waals surface area contributed by atoms with Gasteiger partial charge in [-0.15, -0.1) is 0 Å². The Hall–Kier alpha value is -2.83. The van der Waals surface area contributed by atoms with Crippen molar-refractivity contribution in [1.29, 1.82) is 0 Å². The van der Waals surface area contributed by atoms with Crippen molar-refractivity contribution in [2.24, 2.45) is 0 Å². The van der Waals surface area contributed by atoms with E-state index in [4.69, 9.17) is 4.74 Å². The second kappa shape index (κ2) is 4.93. The molecule has 1 aliphatic rings. The molecule has 0 amide bonds. The quantitative estimate of drug-likeness (QED) is 0.812. The first kappa shape index (κ1) is 13.2. The minimum atomic E-state index is -0.447. The smallest absolute Gasteiger partial charge is 0.338 e. The Morgan fingerprint density at radius 2 is 2.10 bits per heavy atom. The van der Waals surface area contributed by atoms with Crippen LogP contribution in [-0.2, 0) is 9.53 Å². The number of carbonyl (C=O) groups excluding carboxylic acids is 1. The van der Waals surface area contributed by atoms with Crippen molar-refractivity contribution in [3.05, 3.63) is 47.4 Å². The number of phenols is 1. The molecule has 0 aliphatic carbocycles. The summed E-state index contributed by atoms with van der Waals surface area (Å²) in [7, 11) is 1.34. The second-order valence-electron chi connectivity index (χ2n) is 4.68. The molecule has 1 atom stereocenters. The van der Waals surface area contributed by atoms with Crippen molar-refractivity contribution in [1.82, 2.24) is 14.8 Å². The molecular weight excluding hydrogens is 272 g/mol. The number of allylic oxidation sites excluding steroid dienone is 1. The maximum atomic E-state index is 12.1. The van der Waals surface area contributed by atoms with Gasteiger partial charge in [0.15, 0.2) is 0 Å². The summed E-state index contributed by atoms with van der Waals surface area (Å²) < 4.78 is 6.50. The summed E-state index contributed by atoms with van der Waals surface area (Å²) in [4.78, 5) is 16.3. The summed E-state index contributed by atoms with van der Waals surface area (Å²) in [6, 6.07) is 6.17. The number of nitrogens with zero attached hydrogens (tertiary/aromatic N) is 3. The summed E-state index contributed by atoms with van der Waals surface area (Å²) in [6.45, 7) is 1.79. The van der Waals surface area contributed by atoms with Crippen molar-refractivity contribution in [2.75, 3.05) is 12.4 Å². The Balaban J connectivity index is 2.17. The molecule has 21 heavy (non-hydrogen) atoms. The summed E-state index contributed by atoms with van der Waals surface area (Å²) in [5.74, 6) is 0.282. The molecule has 0 fully saturated rings. The van der Waals surface area contributed by atoms with E-state index in [1.54, 1.807) is 35.9 Å². The van der Waals surface area contributed by atoms with E-state index in [-0.39, 0.29) is 5.75 Å². The van der Waals surface area contributed by atoms with E-state index >= 15 is 0 Å². The van der Waals surface area contributed by atoms with Crippen LogP contribution in [0.5, 0.6) is 5.75 Å². The lowest BCUT2D eigenvalue weighted by Gasteiger charge is -2.27. The van der Waals surface area contributed by atoms with Gasteiger partial charge in [-0.3, -0.25) is 0 Å². The number of hydrogen-bond acceptors (Lipinski definition) is 6. The Kier molecular flexibility index (Phi) is 3.09. The third-order valence-electron chi connectivity index (χ3n) is 3.41. The average molecular weight is 286 g/mol. The molecule has 0 saturated heterocycles. The maximum Gasteiger partial charge on any atom is 0.338 e. The number of aromatic nitrogens is 3. The topological polar surface area (TPSA) is 89.3 Å². The van der Waals surface area contributed by atoms with E-state index in [9.17, 15) is 9.90 Å². The Bertz CT molecular complexity index is 718. The number of benzene rings is 1. The minimum Gasteiger partial charge on any atom is -0.508 e. The highest BCUT2D eigenvalue weighted by atomic mass is 16.5. The van der Waals surface area contributed by atoms with Gasteiger partial charge in [-0.2, -0.15) is 10.1 Å². The molecule has 0 spiro atoms. The molecule has 0 unspecified atom stereocenters. The highest BCUT2D eigenvalue weighted by molar-refractivity contribution is 5.92. The van der Waals surface area contributed by atoms with Crippen LogP contribution in [0.25, 0.3) is 0 Å². The normalized spacial score (nSPS) is 17.1. The third-order valence-corrected chi connectivity index (χ3v) is 3.41. The zero-order valence-electron chi connectivity index (χ0n) is 11.6. The number of hydrogen-bond donors (Lipinski definition) is 2. The zero-order chi connectivity index (χ0) is 15.0. The molecule has 2 heterocycles. The number of fused-ring (bicyclic) bond motifs is 1. The number of nitrogens with one attached hydrogen (secondary N) is 1. The molecule has 1 aliphatic heterocycles. The fraction of sp³-hybridized carbons (Fsp3) is 0.214. The predicted molar refractivity (Wildman–Crippen MR) is 74.6 cm³/mol. The van der Waals surface area contributed by atoms with Gasteiger partial charge >= 0.3 is 5.97 Å². The average Bonchev–Trinajstić information content (AvgIpc) is 2.94. The third kappa shape index (κ3) is 2.12. The summed E-state index contributed by atoms with van der Waals surface area (Å²) in [6.07, 6.45) is 1.42. The Morgan fingerprint density at radius 3 is 2.76 bits per heavy atom. The Labute approximate surface area is 120 Å². The van der Waals surface area contributed by atoms with Crippen molar-refractivity contribution in [2.45, 2.75) is 13.0 Å². The first-order chi connectivity index (χ1) is 10.1. The number of rotatable bonds is 2. The Morgan fingerprint density at radius 1 is 1.38 bits per heavy atom. The van der Waals surface area contributed by atoms with Gasteiger partial charge in [0.2, 0.25) is 5.95 Å². The van der Waals surface area contributed by atoms with Crippen LogP contribution in [-0.4, -0.2) is 33.0 Å². The van der Waals surface area contributed by atoms with Gasteiger partial charge in [-0.1, -0.05) is 12.1 Å². The van der Waals surface area contributed by atoms with Crippen LogP contribution >= 0.6 is 0 Å². The molecule has 7 nitrogen and oxygen atoms in total. The van der Waals surface area contributed by atoms with Crippen LogP contribution in [0.2, 0.25) is 0 Å². The summed E-state index contributed by atoms with van der Waals surface area (Å²) in [5.41, 5.74) is 1.93. The van der Waals surface area contributed by atoms with E-state index in [1.165, 1.54) is 13.4 Å². The second-order valence-corrected chi connectivity index (χ2v) is 4.68. The molecule has 3 rings (SSSR count). The molecule has 0 saturated carbocycles. The number of methoxy groups -OCH3 is 1. The fourth-order valence-corrected chi connectivity index (χ4v) is 2.43. The molecule has 7 heteroatoms. The first-order valence-electron chi connectivity index (χ1n) is 6.36. The van der Waals surface area contributed by atoms with E-state index in [0.717, 1.165) is 5.56 Å². The minimum absolute atomic E-state index is 0.159. The number of carbonyl (C=O) groups is 1. The predicted octanol–water partition coefficient (Wildman–Crippen LogP) is 1.45. The highest BCUT2D eigenvalue weighted by Gasteiger charge is 2.33. The molecule has 108 valence electrons. The molecule has 2 N–H and O–H groups in total. The first-order valence-corrected chi connectivity index (χ1v) is 6.36.